The molecule has 0 heterocycles. The lowest BCUT2D eigenvalue weighted by Crippen LogP contribution is -2.44. The minimum absolute atomic E-state index is 0.261. The summed E-state index contributed by atoms with van der Waals surface area (Å²) in [5.74, 6) is 0. The van der Waals surface area contributed by atoms with Gasteiger partial charge in [0.1, 0.15) is 0 Å². The molecule has 0 aromatic carbocycles. The fourth-order valence-corrected chi connectivity index (χ4v) is 1.73. The van der Waals surface area contributed by atoms with E-state index in [1.165, 1.54) is 12.8 Å². The Hall–Kier alpha value is -0.120. The van der Waals surface area contributed by atoms with Crippen LogP contribution in [-0.4, -0.2) is 47.8 Å². The molecule has 3 nitrogen and oxygen atoms in total. The monoisotopic (exact) mass is 228 g/mol. The minimum Gasteiger partial charge on any atom is -0.395 e. The number of hydrogen-bond donors (Lipinski definition) is 2. The first kappa shape index (κ1) is 13.9. The molecule has 16 heavy (non-hydrogen) atoms. The summed E-state index contributed by atoms with van der Waals surface area (Å²) in [5, 5.41) is 12.8. The highest BCUT2D eigenvalue weighted by molar-refractivity contribution is 4.86. The number of aliphatic hydroxyl groups excluding tert-OH is 1. The van der Waals surface area contributed by atoms with Gasteiger partial charge in [0.15, 0.2) is 0 Å². The normalized spacial score (nSPS) is 19.1. The Morgan fingerprint density at radius 3 is 2.50 bits per heavy atom. The van der Waals surface area contributed by atoms with Crippen molar-refractivity contribution in [2.24, 2.45) is 0 Å². The van der Waals surface area contributed by atoms with Crippen LogP contribution in [0.25, 0.3) is 0 Å². The second-order valence-electron chi connectivity index (χ2n) is 5.70. The summed E-state index contributed by atoms with van der Waals surface area (Å²) >= 11 is 0. The average molecular weight is 228 g/mol. The lowest BCUT2D eigenvalue weighted by atomic mass is 9.99. The maximum Gasteiger partial charge on any atom is 0.0585 e. The van der Waals surface area contributed by atoms with Gasteiger partial charge in [-0.15, -0.1) is 0 Å². The fraction of sp³-hybridized carbons (Fsp3) is 1.00. The molecule has 1 aliphatic carbocycles. The van der Waals surface area contributed by atoms with Gasteiger partial charge in [0.05, 0.1) is 6.61 Å². The third-order valence-corrected chi connectivity index (χ3v) is 3.98. The highest BCUT2D eigenvalue weighted by Crippen LogP contribution is 2.21. The molecule has 1 atom stereocenters. The number of aliphatic hydroxyl groups is 1. The SMILES string of the molecule is CCC(C)(C)N(C)CCC(CO)NC1CC1. The Kier molecular flexibility index (Phi) is 5.22. The molecule has 0 radical (unpaired) electrons. The Morgan fingerprint density at radius 2 is 2.06 bits per heavy atom. The van der Waals surface area contributed by atoms with Gasteiger partial charge in [0.2, 0.25) is 0 Å². The highest BCUT2D eigenvalue weighted by atomic mass is 16.3. The van der Waals surface area contributed by atoms with Gasteiger partial charge in [-0.3, -0.25) is 0 Å². The van der Waals surface area contributed by atoms with Gasteiger partial charge < -0.3 is 15.3 Å². The number of hydrogen-bond acceptors (Lipinski definition) is 3. The summed E-state index contributed by atoms with van der Waals surface area (Å²) in [7, 11) is 2.18. The van der Waals surface area contributed by atoms with Crippen molar-refractivity contribution in [3.63, 3.8) is 0 Å². The molecular formula is C13H28N2O. The van der Waals surface area contributed by atoms with E-state index in [0.29, 0.717) is 6.04 Å². The second kappa shape index (κ2) is 5.99. The smallest absolute Gasteiger partial charge is 0.0585 e. The molecule has 1 rings (SSSR count). The summed E-state index contributed by atoms with van der Waals surface area (Å²) in [6.07, 6.45) is 4.76. The van der Waals surface area contributed by atoms with E-state index in [9.17, 15) is 5.11 Å². The Morgan fingerprint density at radius 1 is 1.44 bits per heavy atom. The van der Waals surface area contributed by atoms with Crippen LogP contribution in [0.2, 0.25) is 0 Å². The number of rotatable bonds is 8. The van der Waals surface area contributed by atoms with Crippen molar-refractivity contribution >= 4 is 0 Å². The van der Waals surface area contributed by atoms with Crippen LogP contribution in [0.5, 0.6) is 0 Å². The van der Waals surface area contributed by atoms with Crippen molar-refractivity contribution in [2.45, 2.75) is 64.1 Å². The first-order valence-corrected chi connectivity index (χ1v) is 6.57. The third kappa shape index (κ3) is 4.40. The Balaban J connectivity index is 2.24. The fourth-order valence-electron chi connectivity index (χ4n) is 1.73. The van der Waals surface area contributed by atoms with E-state index >= 15 is 0 Å². The molecule has 0 spiro atoms. The topological polar surface area (TPSA) is 35.5 Å². The van der Waals surface area contributed by atoms with Crippen LogP contribution >= 0.6 is 0 Å². The van der Waals surface area contributed by atoms with Gasteiger partial charge >= 0.3 is 0 Å². The summed E-state index contributed by atoms with van der Waals surface area (Å²) in [5.41, 5.74) is 0.263. The third-order valence-electron chi connectivity index (χ3n) is 3.98. The first-order chi connectivity index (χ1) is 7.49. The van der Waals surface area contributed by atoms with E-state index in [1.807, 2.05) is 0 Å². The molecule has 1 aliphatic rings. The Bertz CT molecular complexity index is 202. The van der Waals surface area contributed by atoms with Gasteiger partial charge in [-0.2, -0.15) is 0 Å². The summed E-state index contributed by atoms with van der Waals surface area (Å²) < 4.78 is 0. The van der Waals surface area contributed by atoms with Gasteiger partial charge in [0.25, 0.3) is 0 Å². The minimum atomic E-state index is 0.261. The van der Waals surface area contributed by atoms with Gasteiger partial charge in [0, 0.05) is 17.6 Å². The molecule has 3 heteroatoms. The lowest BCUT2D eigenvalue weighted by molar-refractivity contribution is 0.135. The molecule has 0 aliphatic heterocycles. The van der Waals surface area contributed by atoms with E-state index in [2.05, 4.69) is 38.0 Å². The lowest BCUT2D eigenvalue weighted by Gasteiger charge is -2.35. The van der Waals surface area contributed by atoms with Gasteiger partial charge in [-0.25, -0.2) is 0 Å². The Labute approximate surface area is 100 Å². The van der Waals surface area contributed by atoms with Crippen molar-refractivity contribution < 1.29 is 5.11 Å². The van der Waals surface area contributed by atoms with Gasteiger partial charge in [-0.1, -0.05) is 6.92 Å². The molecule has 0 bridgehead atoms. The largest absolute Gasteiger partial charge is 0.395 e. The van der Waals surface area contributed by atoms with Crippen LogP contribution in [0.3, 0.4) is 0 Å². The van der Waals surface area contributed by atoms with E-state index in [0.717, 1.165) is 19.4 Å². The average Bonchev–Trinajstić information content (AvgIpc) is 3.07. The molecule has 0 aromatic heterocycles. The summed E-state index contributed by atoms with van der Waals surface area (Å²) in [6.45, 7) is 8.08. The summed E-state index contributed by atoms with van der Waals surface area (Å²) in [6, 6.07) is 0.962. The zero-order valence-corrected chi connectivity index (χ0v) is 11.3. The number of nitrogens with zero attached hydrogens (tertiary/aromatic N) is 1. The molecule has 1 unspecified atom stereocenters. The number of nitrogens with one attached hydrogen (secondary N) is 1. The van der Waals surface area contributed by atoms with Crippen molar-refractivity contribution in [1.29, 1.82) is 0 Å². The van der Waals surface area contributed by atoms with E-state index in [-0.39, 0.29) is 18.2 Å². The molecule has 2 N–H and O–H groups in total. The zero-order valence-electron chi connectivity index (χ0n) is 11.3. The molecular weight excluding hydrogens is 200 g/mol. The molecule has 1 fully saturated rings. The second-order valence-corrected chi connectivity index (χ2v) is 5.70. The van der Waals surface area contributed by atoms with E-state index in [4.69, 9.17) is 0 Å². The van der Waals surface area contributed by atoms with Crippen LogP contribution < -0.4 is 5.32 Å². The van der Waals surface area contributed by atoms with Crippen LogP contribution in [-0.2, 0) is 0 Å². The molecule has 1 saturated carbocycles. The maximum absolute atomic E-state index is 9.29. The maximum atomic E-state index is 9.29. The van der Waals surface area contributed by atoms with Gasteiger partial charge in [-0.05, 0) is 53.1 Å². The molecule has 0 saturated heterocycles. The first-order valence-electron chi connectivity index (χ1n) is 6.57. The summed E-state index contributed by atoms with van der Waals surface area (Å²) in [4.78, 5) is 2.39. The predicted octanol–water partition coefficient (Wildman–Crippen LogP) is 1.61. The quantitative estimate of drug-likeness (QED) is 0.662. The van der Waals surface area contributed by atoms with Crippen molar-refractivity contribution in [3.8, 4) is 0 Å². The molecule has 0 amide bonds. The van der Waals surface area contributed by atoms with Crippen LogP contribution in [0.15, 0.2) is 0 Å². The van der Waals surface area contributed by atoms with E-state index in [1.54, 1.807) is 0 Å². The van der Waals surface area contributed by atoms with Crippen molar-refractivity contribution in [2.75, 3.05) is 20.2 Å². The van der Waals surface area contributed by atoms with Crippen LogP contribution in [0.1, 0.15) is 46.5 Å². The van der Waals surface area contributed by atoms with E-state index < -0.39 is 0 Å². The van der Waals surface area contributed by atoms with Crippen molar-refractivity contribution in [1.82, 2.24) is 10.2 Å². The molecule has 0 aromatic rings. The standard InChI is InChI=1S/C13H28N2O/c1-5-13(2,3)15(4)9-8-12(10-16)14-11-6-7-11/h11-12,14,16H,5-10H2,1-4H3. The molecule has 96 valence electrons. The predicted molar refractivity (Wildman–Crippen MR) is 68.6 cm³/mol. The zero-order chi connectivity index (χ0) is 12.2. The van der Waals surface area contributed by atoms with Crippen LogP contribution in [0.4, 0.5) is 0 Å². The highest BCUT2D eigenvalue weighted by Gasteiger charge is 2.25. The van der Waals surface area contributed by atoms with Crippen LogP contribution in [0, 0.1) is 0 Å². The van der Waals surface area contributed by atoms with Crippen molar-refractivity contribution in [3.05, 3.63) is 0 Å².